The summed E-state index contributed by atoms with van der Waals surface area (Å²) in [5.41, 5.74) is 0.677. The highest BCUT2D eigenvalue weighted by atomic mass is 35.5. The van der Waals surface area contributed by atoms with E-state index in [4.69, 9.17) is 16.3 Å². The van der Waals surface area contributed by atoms with E-state index >= 15 is 0 Å². The van der Waals surface area contributed by atoms with Gasteiger partial charge in [0.1, 0.15) is 0 Å². The molecule has 5 rings (SSSR count). The molecule has 1 unspecified atom stereocenters. The number of nitrogens with zero attached hydrogens (tertiary/aromatic N) is 1. The van der Waals surface area contributed by atoms with Crippen molar-refractivity contribution in [3.63, 3.8) is 0 Å². The van der Waals surface area contributed by atoms with Crippen molar-refractivity contribution in [2.75, 3.05) is 31.6 Å². The van der Waals surface area contributed by atoms with Crippen molar-refractivity contribution in [3.05, 3.63) is 27.9 Å². The van der Waals surface area contributed by atoms with Gasteiger partial charge in [0.25, 0.3) is 11.8 Å². The van der Waals surface area contributed by atoms with Crippen molar-refractivity contribution >= 4 is 29.1 Å². The van der Waals surface area contributed by atoms with Crippen LogP contribution in [0.25, 0.3) is 0 Å². The first-order valence-electron chi connectivity index (χ1n) is 8.08. The summed E-state index contributed by atoms with van der Waals surface area (Å²) < 4.78 is 5.20. The van der Waals surface area contributed by atoms with Gasteiger partial charge in [0.15, 0.2) is 12.4 Å². The van der Waals surface area contributed by atoms with Crippen LogP contribution in [0.1, 0.15) is 23.2 Å². The lowest BCUT2D eigenvalue weighted by atomic mass is 9.83. The molecule has 2 N–H and O–H groups in total. The molecular formula is C16H18ClN3O4. The van der Waals surface area contributed by atoms with Crippen LogP contribution in [0.15, 0.2) is 12.1 Å². The number of piperidine rings is 3. The number of benzene rings is 1. The Kier molecular flexibility index (Phi) is 3.67. The van der Waals surface area contributed by atoms with Gasteiger partial charge in [0.05, 0.1) is 36.9 Å². The molecule has 3 fully saturated rings. The third-order valence-electron chi connectivity index (χ3n) is 5.15. The van der Waals surface area contributed by atoms with Crippen LogP contribution in [-0.2, 0) is 4.79 Å². The smallest absolute Gasteiger partial charge is 0.262 e. The molecule has 0 radical (unpaired) electrons. The second-order valence-corrected chi connectivity index (χ2v) is 7.21. The van der Waals surface area contributed by atoms with E-state index in [0.717, 1.165) is 12.8 Å². The van der Waals surface area contributed by atoms with E-state index in [-0.39, 0.29) is 34.7 Å². The fourth-order valence-electron chi connectivity index (χ4n) is 3.90. The summed E-state index contributed by atoms with van der Waals surface area (Å²) in [6.45, 7) is 1.55. The number of ether oxygens (including phenoxy) is 1. The number of amides is 2. The van der Waals surface area contributed by atoms with Crippen molar-refractivity contribution in [3.8, 4) is 5.75 Å². The number of anilines is 1. The Morgan fingerprint density at radius 2 is 2.12 bits per heavy atom. The SMILES string of the molecule is O=C1COc2c(cc(Cl)cc2C(=O)NC2C[N+]3([O-])CCC2CC3)N1. The quantitative estimate of drug-likeness (QED) is 0.624. The van der Waals surface area contributed by atoms with E-state index in [1.165, 1.54) is 6.07 Å². The van der Waals surface area contributed by atoms with Gasteiger partial charge < -0.3 is 25.2 Å². The summed E-state index contributed by atoms with van der Waals surface area (Å²) in [6.07, 6.45) is 1.68. The third-order valence-corrected chi connectivity index (χ3v) is 5.37. The standard InChI is InChI=1S/C16H18ClN3O4/c17-10-5-11(15-12(6-10)18-14(21)8-24-15)16(22)19-13-7-20(23)3-1-9(13)2-4-20/h5-6,9,13H,1-4,7-8H2,(H,18,21)(H,19,22). The molecule has 1 atom stereocenters. The highest BCUT2D eigenvalue weighted by Gasteiger charge is 2.42. The van der Waals surface area contributed by atoms with Gasteiger partial charge in [-0.15, -0.1) is 0 Å². The van der Waals surface area contributed by atoms with E-state index in [9.17, 15) is 14.8 Å². The fourth-order valence-corrected chi connectivity index (χ4v) is 4.11. The second-order valence-electron chi connectivity index (χ2n) is 6.77. The van der Waals surface area contributed by atoms with Crippen molar-refractivity contribution < 1.29 is 19.0 Å². The monoisotopic (exact) mass is 351 g/mol. The van der Waals surface area contributed by atoms with Crippen molar-refractivity contribution in [1.29, 1.82) is 0 Å². The normalized spacial score (nSPS) is 31.0. The summed E-state index contributed by atoms with van der Waals surface area (Å²) >= 11 is 6.06. The molecule has 128 valence electrons. The zero-order chi connectivity index (χ0) is 16.9. The molecule has 7 nitrogen and oxygen atoms in total. The molecule has 0 aromatic heterocycles. The molecule has 4 aliphatic heterocycles. The third kappa shape index (κ3) is 2.72. The Balaban J connectivity index is 1.58. The molecule has 0 spiro atoms. The average Bonchev–Trinajstić information content (AvgIpc) is 2.53. The van der Waals surface area contributed by atoms with Gasteiger partial charge in [-0.2, -0.15) is 0 Å². The summed E-state index contributed by atoms with van der Waals surface area (Å²) in [6, 6.07) is 2.94. The maximum atomic E-state index is 12.7. The van der Waals surface area contributed by atoms with Crippen molar-refractivity contribution in [2.45, 2.75) is 18.9 Å². The van der Waals surface area contributed by atoms with Crippen molar-refractivity contribution in [2.24, 2.45) is 5.92 Å². The van der Waals surface area contributed by atoms with Gasteiger partial charge in [0.2, 0.25) is 0 Å². The van der Waals surface area contributed by atoms with Crippen molar-refractivity contribution in [1.82, 2.24) is 5.32 Å². The van der Waals surface area contributed by atoms with Gasteiger partial charge in [0, 0.05) is 17.9 Å². The predicted octanol–water partition coefficient (Wildman–Crippen LogP) is 1.51. The van der Waals surface area contributed by atoms with E-state index in [1.807, 2.05) is 0 Å². The molecule has 8 heteroatoms. The lowest BCUT2D eigenvalue weighted by Crippen LogP contribution is -2.64. The van der Waals surface area contributed by atoms with Crippen LogP contribution in [0, 0.1) is 11.1 Å². The molecule has 2 amide bonds. The Bertz CT molecular complexity index is 716. The van der Waals surface area contributed by atoms with Gasteiger partial charge >= 0.3 is 0 Å². The Hall–Kier alpha value is -1.83. The maximum absolute atomic E-state index is 12.7. The summed E-state index contributed by atoms with van der Waals surface area (Å²) in [5, 5.41) is 18.4. The summed E-state index contributed by atoms with van der Waals surface area (Å²) in [4.78, 5) is 24.2. The number of hydrogen-bond donors (Lipinski definition) is 2. The average molecular weight is 352 g/mol. The second kappa shape index (κ2) is 5.61. The molecule has 0 saturated carbocycles. The van der Waals surface area contributed by atoms with Crippen LogP contribution < -0.4 is 15.4 Å². The summed E-state index contributed by atoms with van der Waals surface area (Å²) in [7, 11) is 0. The highest BCUT2D eigenvalue weighted by molar-refractivity contribution is 6.31. The van der Waals surface area contributed by atoms with E-state index in [0.29, 0.717) is 42.0 Å². The first-order chi connectivity index (χ1) is 11.4. The molecule has 24 heavy (non-hydrogen) atoms. The number of halogens is 1. The van der Waals surface area contributed by atoms with Gasteiger partial charge in [-0.1, -0.05) is 11.6 Å². The number of quaternary nitrogens is 1. The first kappa shape index (κ1) is 15.7. The van der Waals surface area contributed by atoms with Gasteiger partial charge in [-0.3, -0.25) is 9.59 Å². The first-order valence-corrected chi connectivity index (χ1v) is 8.45. The molecule has 4 heterocycles. The van der Waals surface area contributed by atoms with E-state index in [1.54, 1.807) is 6.07 Å². The largest absolute Gasteiger partial charge is 0.633 e. The molecule has 3 saturated heterocycles. The molecule has 2 bridgehead atoms. The molecule has 0 aliphatic carbocycles. The Morgan fingerprint density at radius 1 is 1.38 bits per heavy atom. The highest BCUT2D eigenvalue weighted by Crippen LogP contribution is 2.36. The van der Waals surface area contributed by atoms with Gasteiger partial charge in [-0.25, -0.2) is 0 Å². The number of fused-ring (bicyclic) bond motifs is 4. The minimum absolute atomic E-state index is 0.134. The minimum atomic E-state index is -0.324. The Labute approximate surface area is 144 Å². The number of hydroxylamine groups is 3. The van der Waals surface area contributed by atoms with E-state index < -0.39 is 0 Å². The van der Waals surface area contributed by atoms with Crippen LogP contribution in [0.2, 0.25) is 5.02 Å². The van der Waals surface area contributed by atoms with Gasteiger partial charge in [-0.05, 0) is 18.1 Å². The number of rotatable bonds is 2. The minimum Gasteiger partial charge on any atom is -0.633 e. The van der Waals surface area contributed by atoms with Crippen LogP contribution >= 0.6 is 11.6 Å². The lowest BCUT2D eigenvalue weighted by Gasteiger charge is -2.55. The van der Waals surface area contributed by atoms with Crippen LogP contribution in [0.5, 0.6) is 5.75 Å². The van der Waals surface area contributed by atoms with Crippen LogP contribution in [0.3, 0.4) is 0 Å². The number of carbonyl (C=O) groups is 2. The van der Waals surface area contributed by atoms with E-state index in [2.05, 4.69) is 10.6 Å². The number of carbonyl (C=O) groups excluding carboxylic acids is 2. The Morgan fingerprint density at radius 3 is 2.83 bits per heavy atom. The maximum Gasteiger partial charge on any atom is 0.262 e. The predicted molar refractivity (Wildman–Crippen MR) is 87.8 cm³/mol. The zero-order valence-electron chi connectivity index (χ0n) is 13.0. The van der Waals surface area contributed by atoms with Crippen LogP contribution in [0.4, 0.5) is 5.69 Å². The molecular weight excluding hydrogens is 334 g/mol. The number of hydrogen-bond acceptors (Lipinski definition) is 4. The molecule has 4 aliphatic rings. The van der Waals surface area contributed by atoms with Crippen LogP contribution in [-0.4, -0.2) is 48.7 Å². The molecule has 1 aromatic rings. The fraction of sp³-hybridized carbons (Fsp3) is 0.500. The lowest BCUT2D eigenvalue weighted by molar-refractivity contribution is -0.898. The zero-order valence-corrected chi connectivity index (χ0v) is 13.8. The number of nitrogens with one attached hydrogen (secondary N) is 2. The topological polar surface area (TPSA) is 90.5 Å². The molecule has 1 aromatic carbocycles. The summed E-state index contributed by atoms with van der Waals surface area (Å²) in [5.74, 6) is 0.0592.